The van der Waals surface area contributed by atoms with Crippen LogP contribution in [0.5, 0.6) is 0 Å². The highest BCUT2D eigenvalue weighted by Gasteiger charge is 2.41. The van der Waals surface area contributed by atoms with Gasteiger partial charge in [0.15, 0.2) is 0 Å². The minimum Gasteiger partial charge on any atom is -0.374 e. The molecule has 4 unspecified atom stereocenters. The molecule has 1 aliphatic rings. The Morgan fingerprint density at radius 1 is 1.36 bits per heavy atom. The van der Waals surface area contributed by atoms with Gasteiger partial charge in [-0.05, 0) is 26.7 Å². The van der Waals surface area contributed by atoms with Crippen molar-refractivity contribution >= 4 is 5.91 Å². The summed E-state index contributed by atoms with van der Waals surface area (Å²) in [6.45, 7) is 8.27. The largest absolute Gasteiger partial charge is 0.374 e. The van der Waals surface area contributed by atoms with Crippen molar-refractivity contribution in [2.45, 2.75) is 39.9 Å². The van der Waals surface area contributed by atoms with E-state index in [1.807, 2.05) is 27.7 Å². The molecule has 0 aromatic rings. The lowest BCUT2D eigenvalue weighted by molar-refractivity contribution is -0.139. The molecule has 4 nitrogen and oxygen atoms in total. The highest BCUT2D eigenvalue weighted by atomic mass is 16.6. The molecule has 0 aromatic heterocycles. The second kappa shape index (κ2) is 4.75. The van der Waals surface area contributed by atoms with Gasteiger partial charge in [-0.25, -0.2) is 5.48 Å². The van der Waals surface area contributed by atoms with E-state index in [-0.39, 0.29) is 30.0 Å². The van der Waals surface area contributed by atoms with Crippen molar-refractivity contribution < 1.29 is 14.4 Å². The molecular weight excluding hydrogens is 182 g/mol. The number of nitrogens with one attached hydrogen (secondary N) is 1. The Morgan fingerprint density at radius 3 is 2.43 bits per heavy atom. The van der Waals surface area contributed by atoms with Crippen LogP contribution in [0, 0.1) is 11.8 Å². The van der Waals surface area contributed by atoms with Gasteiger partial charge in [0.25, 0.3) is 0 Å². The number of rotatable bonds is 3. The first kappa shape index (κ1) is 11.5. The molecule has 82 valence electrons. The molecule has 1 N–H and O–H groups in total. The standard InChI is InChI=1S/C10H19NO3/c1-5-13-11-10(12)9-6(2)7(3)14-8(9)4/h6-9H,5H2,1-4H3,(H,11,12). The Morgan fingerprint density at radius 2 is 2.00 bits per heavy atom. The van der Waals surface area contributed by atoms with Gasteiger partial charge in [0, 0.05) is 0 Å². The maximum atomic E-state index is 11.7. The molecule has 0 saturated carbocycles. The van der Waals surface area contributed by atoms with Gasteiger partial charge >= 0.3 is 0 Å². The van der Waals surface area contributed by atoms with Crippen molar-refractivity contribution in [2.24, 2.45) is 11.8 Å². The first-order valence-electron chi connectivity index (χ1n) is 5.15. The summed E-state index contributed by atoms with van der Waals surface area (Å²) in [6, 6.07) is 0. The van der Waals surface area contributed by atoms with Gasteiger partial charge in [0.2, 0.25) is 5.91 Å². The summed E-state index contributed by atoms with van der Waals surface area (Å²) in [5.74, 6) is 0.0678. The minimum absolute atomic E-state index is 0.0274. The summed E-state index contributed by atoms with van der Waals surface area (Å²) < 4.78 is 5.57. The number of ether oxygens (including phenoxy) is 1. The number of hydrogen-bond acceptors (Lipinski definition) is 3. The summed E-state index contributed by atoms with van der Waals surface area (Å²) in [4.78, 5) is 16.5. The molecule has 1 rings (SSSR count). The fourth-order valence-corrected chi connectivity index (χ4v) is 1.93. The molecule has 0 radical (unpaired) electrons. The van der Waals surface area contributed by atoms with E-state index in [2.05, 4.69) is 5.48 Å². The number of hydroxylamine groups is 1. The summed E-state index contributed by atoms with van der Waals surface area (Å²) in [6.07, 6.45) is 0.114. The van der Waals surface area contributed by atoms with E-state index in [9.17, 15) is 4.79 Å². The average molecular weight is 201 g/mol. The van der Waals surface area contributed by atoms with Crippen LogP contribution in [0.15, 0.2) is 0 Å². The molecule has 1 amide bonds. The molecule has 1 saturated heterocycles. The normalized spacial score (nSPS) is 37.1. The molecule has 4 atom stereocenters. The SMILES string of the molecule is CCONC(=O)C1C(C)OC(C)C1C. The lowest BCUT2D eigenvalue weighted by Crippen LogP contribution is -2.37. The third-order valence-electron chi connectivity index (χ3n) is 2.86. The van der Waals surface area contributed by atoms with Gasteiger partial charge in [-0.3, -0.25) is 9.63 Å². The van der Waals surface area contributed by atoms with E-state index in [1.165, 1.54) is 0 Å². The van der Waals surface area contributed by atoms with E-state index < -0.39 is 0 Å². The molecular formula is C10H19NO3. The van der Waals surface area contributed by atoms with Crippen LogP contribution < -0.4 is 5.48 Å². The van der Waals surface area contributed by atoms with E-state index in [4.69, 9.17) is 9.57 Å². The fraction of sp³-hybridized carbons (Fsp3) is 0.900. The van der Waals surface area contributed by atoms with Gasteiger partial charge in [-0.15, -0.1) is 0 Å². The topological polar surface area (TPSA) is 47.6 Å². The number of amides is 1. The van der Waals surface area contributed by atoms with Crippen molar-refractivity contribution in [3.8, 4) is 0 Å². The summed E-state index contributed by atoms with van der Waals surface area (Å²) in [5.41, 5.74) is 2.44. The van der Waals surface area contributed by atoms with Crippen LogP contribution in [0.2, 0.25) is 0 Å². The maximum absolute atomic E-state index is 11.7. The summed E-state index contributed by atoms with van der Waals surface area (Å²) in [7, 11) is 0. The Kier molecular flexibility index (Phi) is 3.89. The first-order chi connectivity index (χ1) is 6.57. The second-order valence-electron chi connectivity index (χ2n) is 3.83. The van der Waals surface area contributed by atoms with Crippen LogP contribution in [-0.4, -0.2) is 24.7 Å². The van der Waals surface area contributed by atoms with Crippen molar-refractivity contribution in [2.75, 3.05) is 6.61 Å². The molecule has 4 heteroatoms. The highest BCUT2D eigenvalue weighted by Crippen LogP contribution is 2.32. The summed E-state index contributed by atoms with van der Waals surface area (Å²) in [5, 5.41) is 0. The maximum Gasteiger partial charge on any atom is 0.249 e. The monoisotopic (exact) mass is 201 g/mol. The van der Waals surface area contributed by atoms with Crippen LogP contribution in [0.1, 0.15) is 27.7 Å². The zero-order valence-corrected chi connectivity index (χ0v) is 9.24. The fourth-order valence-electron chi connectivity index (χ4n) is 1.93. The van der Waals surface area contributed by atoms with Gasteiger partial charge in [-0.2, -0.15) is 0 Å². The van der Waals surface area contributed by atoms with Crippen LogP contribution in [-0.2, 0) is 14.4 Å². The van der Waals surface area contributed by atoms with Crippen molar-refractivity contribution in [1.29, 1.82) is 0 Å². The number of carbonyl (C=O) groups excluding carboxylic acids is 1. The van der Waals surface area contributed by atoms with E-state index in [0.29, 0.717) is 6.61 Å². The molecule has 14 heavy (non-hydrogen) atoms. The van der Waals surface area contributed by atoms with Crippen molar-refractivity contribution in [1.82, 2.24) is 5.48 Å². The Bertz CT molecular complexity index is 208. The predicted molar refractivity (Wildman–Crippen MR) is 52.4 cm³/mol. The smallest absolute Gasteiger partial charge is 0.249 e. The Hall–Kier alpha value is -0.610. The third-order valence-corrected chi connectivity index (χ3v) is 2.86. The van der Waals surface area contributed by atoms with Gasteiger partial charge in [-0.1, -0.05) is 6.92 Å². The molecule has 0 aromatic carbocycles. The van der Waals surface area contributed by atoms with Crippen LogP contribution >= 0.6 is 0 Å². The first-order valence-corrected chi connectivity index (χ1v) is 5.15. The van der Waals surface area contributed by atoms with Crippen LogP contribution in [0.3, 0.4) is 0 Å². The van der Waals surface area contributed by atoms with E-state index >= 15 is 0 Å². The Labute approximate surface area is 84.9 Å². The predicted octanol–water partition coefficient (Wildman–Crippen LogP) is 1.11. The molecule has 1 aliphatic heterocycles. The van der Waals surface area contributed by atoms with Crippen LogP contribution in [0.25, 0.3) is 0 Å². The molecule has 0 spiro atoms. The Balaban J connectivity index is 2.53. The van der Waals surface area contributed by atoms with Crippen LogP contribution in [0.4, 0.5) is 0 Å². The number of hydrogen-bond donors (Lipinski definition) is 1. The minimum atomic E-state index is -0.100. The quantitative estimate of drug-likeness (QED) is 0.696. The highest BCUT2D eigenvalue weighted by molar-refractivity contribution is 5.78. The van der Waals surface area contributed by atoms with E-state index in [1.54, 1.807) is 0 Å². The molecule has 1 fully saturated rings. The average Bonchev–Trinajstić information content (AvgIpc) is 2.38. The zero-order valence-electron chi connectivity index (χ0n) is 9.24. The zero-order chi connectivity index (χ0) is 10.7. The summed E-state index contributed by atoms with van der Waals surface area (Å²) >= 11 is 0. The van der Waals surface area contributed by atoms with Gasteiger partial charge in [0.05, 0.1) is 24.7 Å². The van der Waals surface area contributed by atoms with Gasteiger partial charge in [0.1, 0.15) is 0 Å². The molecule has 1 heterocycles. The lowest BCUT2D eigenvalue weighted by Gasteiger charge is -2.17. The second-order valence-corrected chi connectivity index (χ2v) is 3.83. The number of carbonyl (C=O) groups is 1. The molecule has 0 bridgehead atoms. The third kappa shape index (κ3) is 2.25. The van der Waals surface area contributed by atoms with E-state index in [0.717, 1.165) is 0 Å². The van der Waals surface area contributed by atoms with Gasteiger partial charge < -0.3 is 4.74 Å². The van der Waals surface area contributed by atoms with Crippen molar-refractivity contribution in [3.05, 3.63) is 0 Å². The molecule has 0 aliphatic carbocycles. The lowest BCUT2D eigenvalue weighted by atomic mass is 9.89. The van der Waals surface area contributed by atoms with Crippen molar-refractivity contribution in [3.63, 3.8) is 0 Å².